The fraction of sp³-hybridized carbons (Fsp3) is 0.929. The van der Waals surface area contributed by atoms with Crippen LogP contribution in [0.15, 0.2) is 0 Å². The van der Waals surface area contributed by atoms with Crippen LogP contribution in [0, 0.1) is 11.3 Å². The van der Waals surface area contributed by atoms with Crippen molar-refractivity contribution in [1.82, 2.24) is 0 Å². The lowest BCUT2D eigenvalue weighted by Crippen LogP contribution is -2.49. The SMILES string of the molecule is CCCC1CCC(CN)(C(O)C(=O)OCC)CC1. The van der Waals surface area contributed by atoms with E-state index in [1.807, 2.05) is 0 Å². The monoisotopic (exact) mass is 257 g/mol. The lowest BCUT2D eigenvalue weighted by molar-refractivity contribution is -0.162. The van der Waals surface area contributed by atoms with Crippen molar-refractivity contribution >= 4 is 5.97 Å². The van der Waals surface area contributed by atoms with E-state index < -0.39 is 17.5 Å². The number of hydrogen-bond acceptors (Lipinski definition) is 4. The Morgan fingerprint density at radius 2 is 2.06 bits per heavy atom. The highest BCUT2D eigenvalue weighted by atomic mass is 16.5. The third-order valence-electron chi connectivity index (χ3n) is 4.29. The summed E-state index contributed by atoms with van der Waals surface area (Å²) in [5.74, 6) is 0.209. The molecule has 0 radical (unpaired) electrons. The van der Waals surface area contributed by atoms with E-state index >= 15 is 0 Å². The highest BCUT2D eigenvalue weighted by Gasteiger charge is 2.44. The molecule has 0 spiro atoms. The largest absolute Gasteiger partial charge is 0.464 e. The lowest BCUT2D eigenvalue weighted by atomic mass is 9.66. The van der Waals surface area contributed by atoms with E-state index in [4.69, 9.17) is 10.5 Å². The average Bonchev–Trinajstić information content (AvgIpc) is 2.40. The van der Waals surface area contributed by atoms with E-state index in [1.54, 1.807) is 6.92 Å². The third-order valence-corrected chi connectivity index (χ3v) is 4.29. The van der Waals surface area contributed by atoms with Crippen LogP contribution < -0.4 is 5.73 Å². The lowest BCUT2D eigenvalue weighted by Gasteiger charge is -2.41. The first-order chi connectivity index (χ1) is 8.59. The summed E-state index contributed by atoms with van der Waals surface area (Å²) in [5, 5.41) is 10.2. The molecule has 1 saturated carbocycles. The zero-order valence-electron chi connectivity index (χ0n) is 11.7. The molecule has 1 aliphatic rings. The first kappa shape index (κ1) is 15.4. The van der Waals surface area contributed by atoms with Gasteiger partial charge in [0.2, 0.25) is 0 Å². The number of carbonyl (C=O) groups is 1. The molecule has 4 heteroatoms. The molecule has 1 aliphatic carbocycles. The summed E-state index contributed by atoms with van der Waals surface area (Å²) in [7, 11) is 0. The van der Waals surface area contributed by atoms with Gasteiger partial charge >= 0.3 is 5.97 Å². The molecule has 0 aliphatic heterocycles. The van der Waals surface area contributed by atoms with Gasteiger partial charge in [0.15, 0.2) is 6.10 Å². The van der Waals surface area contributed by atoms with Crippen molar-refractivity contribution in [3.05, 3.63) is 0 Å². The van der Waals surface area contributed by atoms with Gasteiger partial charge in [-0.2, -0.15) is 0 Å². The molecule has 0 saturated heterocycles. The summed E-state index contributed by atoms with van der Waals surface area (Å²) < 4.78 is 4.91. The van der Waals surface area contributed by atoms with Crippen molar-refractivity contribution < 1.29 is 14.6 Å². The standard InChI is InChI=1S/C14H27NO3/c1-3-5-11-6-8-14(10-15,9-7-11)12(16)13(17)18-4-2/h11-12,16H,3-10,15H2,1-2H3. The second-order valence-electron chi connectivity index (χ2n) is 5.45. The van der Waals surface area contributed by atoms with Gasteiger partial charge in [-0.3, -0.25) is 0 Å². The molecule has 1 rings (SSSR count). The van der Waals surface area contributed by atoms with Gasteiger partial charge in [-0.25, -0.2) is 4.79 Å². The average molecular weight is 257 g/mol. The van der Waals surface area contributed by atoms with Crippen molar-refractivity contribution in [3.63, 3.8) is 0 Å². The van der Waals surface area contributed by atoms with Crippen molar-refractivity contribution in [1.29, 1.82) is 0 Å². The number of nitrogens with two attached hydrogens (primary N) is 1. The Kier molecular flexibility index (Phi) is 6.09. The molecule has 1 fully saturated rings. The minimum Gasteiger partial charge on any atom is -0.464 e. The Bertz CT molecular complexity index is 260. The predicted octanol–water partition coefficient (Wildman–Crippen LogP) is 1.85. The van der Waals surface area contributed by atoms with Crippen LogP contribution in [0.2, 0.25) is 0 Å². The number of rotatable bonds is 6. The normalized spacial score (nSPS) is 29.9. The van der Waals surface area contributed by atoms with Crippen molar-refractivity contribution in [2.75, 3.05) is 13.2 Å². The topological polar surface area (TPSA) is 72.5 Å². The Morgan fingerprint density at radius 3 is 2.50 bits per heavy atom. The maximum atomic E-state index is 11.7. The molecule has 0 heterocycles. The van der Waals surface area contributed by atoms with Crippen molar-refractivity contribution in [3.8, 4) is 0 Å². The Morgan fingerprint density at radius 1 is 1.44 bits per heavy atom. The molecule has 0 aromatic carbocycles. The van der Waals surface area contributed by atoms with Crippen LogP contribution in [0.25, 0.3) is 0 Å². The molecule has 3 N–H and O–H groups in total. The molecule has 0 amide bonds. The number of aliphatic hydroxyl groups is 1. The van der Waals surface area contributed by atoms with Crippen molar-refractivity contribution in [2.45, 2.75) is 58.5 Å². The maximum absolute atomic E-state index is 11.7. The van der Waals surface area contributed by atoms with Crippen LogP contribution in [0.1, 0.15) is 52.4 Å². The number of hydrogen-bond donors (Lipinski definition) is 2. The molecular weight excluding hydrogens is 230 g/mol. The van der Waals surface area contributed by atoms with E-state index in [9.17, 15) is 9.90 Å². The number of aliphatic hydroxyl groups excluding tert-OH is 1. The van der Waals surface area contributed by atoms with E-state index in [0.29, 0.717) is 13.2 Å². The zero-order valence-corrected chi connectivity index (χ0v) is 11.7. The zero-order chi connectivity index (χ0) is 13.6. The second kappa shape index (κ2) is 7.10. The van der Waals surface area contributed by atoms with Crippen LogP contribution in [-0.2, 0) is 9.53 Å². The summed E-state index contributed by atoms with van der Waals surface area (Å²) >= 11 is 0. The summed E-state index contributed by atoms with van der Waals surface area (Å²) in [6, 6.07) is 0. The summed E-state index contributed by atoms with van der Waals surface area (Å²) in [6.45, 7) is 4.59. The second-order valence-corrected chi connectivity index (χ2v) is 5.45. The first-order valence-electron chi connectivity index (χ1n) is 7.14. The van der Waals surface area contributed by atoms with Crippen molar-refractivity contribution in [2.24, 2.45) is 17.1 Å². The molecular formula is C14H27NO3. The third kappa shape index (κ3) is 3.45. The fourth-order valence-electron chi connectivity index (χ4n) is 3.01. The molecule has 4 nitrogen and oxygen atoms in total. The van der Waals surface area contributed by atoms with Gasteiger partial charge in [-0.1, -0.05) is 19.8 Å². The quantitative estimate of drug-likeness (QED) is 0.712. The molecule has 0 bridgehead atoms. The Labute approximate surface area is 110 Å². The van der Waals surface area contributed by atoms with E-state index in [1.165, 1.54) is 12.8 Å². The van der Waals surface area contributed by atoms with Crippen LogP contribution in [0.4, 0.5) is 0 Å². The summed E-state index contributed by atoms with van der Waals surface area (Å²) in [5.41, 5.74) is 5.36. The van der Waals surface area contributed by atoms with Gasteiger partial charge in [0.1, 0.15) is 0 Å². The first-order valence-corrected chi connectivity index (χ1v) is 7.14. The van der Waals surface area contributed by atoms with E-state index in [0.717, 1.165) is 31.6 Å². The van der Waals surface area contributed by atoms with Gasteiger partial charge in [0.25, 0.3) is 0 Å². The highest BCUT2D eigenvalue weighted by molar-refractivity contribution is 5.75. The minimum atomic E-state index is -1.06. The van der Waals surface area contributed by atoms with Gasteiger partial charge < -0.3 is 15.6 Å². The summed E-state index contributed by atoms with van der Waals surface area (Å²) in [4.78, 5) is 11.7. The predicted molar refractivity (Wildman–Crippen MR) is 71.0 cm³/mol. The molecule has 0 aromatic heterocycles. The molecule has 1 unspecified atom stereocenters. The Hall–Kier alpha value is -0.610. The fourth-order valence-corrected chi connectivity index (χ4v) is 3.01. The van der Waals surface area contributed by atoms with Crippen LogP contribution >= 0.6 is 0 Å². The van der Waals surface area contributed by atoms with E-state index in [2.05, 4.69) is 6.92 Å². The molecule has 106 valence electrons. The van der Waals surface area contributed by atoms with Gasteiger partial charge in [-0.05, 0) is 38.5 Å². The Balaban J connectivity index is 2.62. The minimum absolute atomic E-state index is 0.301. The van der Waals surface area contributed by atoms with Gasteiger partial charge in [0.05, 0.1) is 6.61 Å². The van der Waals surface area contributed by atoms with E-state index in [-0.39, 0.29) is 0 Å². The van der Waals surface area contributed by atoms with Crippen LogP contribution in [0.3, 0.4) is 0 Å². The number of ether oxygens (including phenoxy) is 1. The molecule has 18 heavy (non-hydrogen) atoms. The van der Waals surface area contributed by atoms with Gasteiger partial charge in [-0.15, -0.1) is 0 Å². The van der Waals surface area contributed by atoms with Crippen LogP contribution in [-0.4, -0.2) is 30.3 Å². The summed E-state index contributed by atoms with van der Waals surface area (Å²) in [6.07, 6.45) is 5.13. The number of esters is 1. The maximum Gasteiger partial charge on any atom is 0.335 e. The molecule has 0 aromatic rings. The van der Waals surface area contributed by atoms with Gasteiger partial charge in [0, 0.05) is 12.0 Å². The highest BCUT2D eigenvalue weighted by Crippen LogP contribution is 2.42. The number of carbonyl (C=O) groups excluding carboxylic acids is 1. The smallest absolute Gasteiger partial charge is 0.335 e. The van der Waals surface area contributed by atoms with Crippen LogP contribution in [0.5, 0.6) is 0 Å². The molecule has 1 atom stereocenters.